The number of methoxy groups -OCH3 is 1. The number of hydrogen-bond donors (Lipinski definition) is 1. The Morgan fingerprint density at radius 1 is 1.28 bits per heavy atom. The number of carboxylic acids is 1. The zero-order chi connectivity index (χ0) is 18.0. The molecular formula is C19H25NO5. The van der Waals surface area contributed by atoms with Crippen LogP contribution in [0, 0.1) is 17.8 Å². The van der Waals surface area contributed by atoms with Gasteiger partial charge in [0, 0.05) is 19.2 Å². The minimum Gasteiger partial charge on any atom is -0.497 e. The van der Waals surface area contributed by atoms with E-state index in [-0.39, 0.29) is 18.4 Å². The van der Waals surface area contributed by atoms with Gasteiger partial charge in [-0.25, -0.2) is 0 Å². The van der Waals surface area contributed by atoms with Gasteiger partial charge in [0.25, 0.3) is 5.91 Å². The summed E-state index contributed by atoms with van der Waals surface area (Å²) < 4.78 is 11.1. The molecule has 25 heavy (non-hydrogen) atoms. The lowest BCUT2D eigenvalue weighted by molar-refractivity contribution is -0.143. The third-order valence-electron chi connectivity index (χ3n) is 4.89. The normalized spacial score (nSPS) is 23.2. The van der Waals surface area contributed by atoms with Gasteiger partial charge >= 0.3 is 5.97 Å². The van der Waals surface area contributed by atoms with Gasteiger partial charge in [-0.15, -0.1) is 0 Å². The zero-order valence-corrected chi connectivity index (χ0v) is 14.7. The third kappa shape index (κ3) is 4.24. The molecule has 1 saturated heterocycles. The van der Waals surface area contributed by atoms with Gasteiger partial charge in [0.05, 0.1) is 25.2 Å². The van der Waals surface area contributed by atoms with Gasteiger partial charge in [-0.2, -0.15) is 0 Å². The van der Waals surface area contributed by atoms with E-state index in [4.69, 9.17) is 9.47 Å². The van der Waals surface area contributed by atoms with Crippen molar-refractivity contribution in [3.05, 3.63) is 23.8 Å². The molecule has 0 radical (unpaired) electrons. The van der Waals surface area contributed by atoms with Gasteiger partial charge in [-0.3, -0.25) is 9.59 Å². The minimum atomic E-state index is -0.843. The van der Waals surface area contributed by atoms with E-state index in [9.17, 15) is 14.7 Å². The summed E-state index contributed by atoms with van der Waals surface area (Å²) in [5, 5.41) is 9.32. The van der Waals surface area contributed by atoms with Gasteiger partial charge in [0.15, 0.2) is 0 Å². The second-order valence-electron chi connectivity index (χ2n) is 7.20. The molecule has 1 aliphatic heterocycles. The fourth-order valence-electron chi connectivity index (χ4n) is 3.28. The van der Waals surface area contributed by atoms with E-state index in [0.717, 1.165) is 12.8 Å². The summed E-state index contributed by atoms with van der Waals surface area (Å²) in [4.78, 5) is 26.0. The maximum absolute atomic E-state index is 13.0. The first-order valence-corrected chi connectivity index (χ1v) is 8.80. The first kappa shape index (κ1) is 17.6. The summed E-state index contributed by atoms with van der Waals surface area (Å²) in [5.74, 6) is 0.352. The Hall–Kier alpha value is -2.24. The van der Waals surface area contributed by atoms with Crippen molar-refractivity contribution in [2.24, 2.45) is 17.8 Å². The quantitative estimate of drug-likeness (QED) is 0.856. The van der Waals surface area contributed by atoms with Gasteiger partial charge < -0.3 is 19.5 Å². The second-order valence-corrected chi connectivity index (χ2v) is 7.20. The molecule has 0 aromatic heterocycles. The predicted molar refractivity (Wildman–Crippen MR) is 92.0 cm³/mol. The molecule has 6 nitrogen and oxygen atoms in total. The largest absolute Gasteiger partial charge is 0.497 e. The average molecular weight is 347 g/mol. The first-order valence-electron chi connectivity index (χ1n) is 8.80. The van der Waals surface area contributed by atoms with E-state index in [0.29, 0.717) is 42.6 Å². The molecule has 2 aliphatic rings. The van der Waals surface area contributed by atoms with Crippen LogP contribution in [0.2, 0.25) is 0 Å². The van der Waals surface area contributed by atoms with Crippen LogP contribution < -0.4 is 9.47 Å². The van der Waals surface area contributed by atoms with Crippen LogP contribution >= 0.6 is 0 Å². The van der Waals surface area contributed by atoms with Crippen LogP contribution in [0.25, 0.3) is 0 Å². The highest BCUT2D eigenvalue weighted by Gasteiger charge is 2.33. The van der Waals surface area contributed by atoms with Crippen LogP contribution in [0.4, 0.5) is 0 Å². The fourth-order valence-corrected chi connectivity index (χ4v) is 3.28. The van der Waals surface area contributed by atoms with Crippen molar-refractivity contribution in [2.75, 3.05) is 26.8 Å². The van der Waals surface area contributed by atoms with Crippen molar-refractivity contribution < 1.29 is 24.2 Å². The molecular weight excluding hydrogens is 322 g/mol. The van der Waals surface area contributed by atoms with Crippen LogP contribution in [-0.4, -0.2) is 48.7 Å². The van der Waals surface area contributed by atoms with Crippen molar-refractivity contribution in [3.8, 4) is 11.5 Å². The van der Waals surface area contributed by atoms with Gasteiger partial charge in [-0.05, 0) is 43.2 Å². The van der Waals surface area contributed by atoms with Crippen molar-refractivity contribution in [3.63, 3.8) is 0 Å². The fraction of sp³-hybridized carbons (Fsp3) is 0.579. The van der Waals surface area contributed by atoms with Crippen LogP contribution in [0.3, 0.4) is 0 Å². The number of aliphatic carboxylic acids is 1. The zero-order valence-electron chi connectivity index (χ0n) is 14.7. The Kier molecular flexibility index (Phi) is 5.16. The van der Waals surface area contributed by atoms with Crippen molar-refractivity contribution in [1.29, 1.82) is 0 Å². The number of hydrogen-bond acceptors (Lipinski definition) is 4. The second kappa shape index (κ2) is 7.33. The van der Waals surface area contributed by atoms with E-state index < -0.39 is 11.9 Å². The highest BCUT2D eigenvalue weighted by molar-refractivity contribution is 5.97. The maximum Gasteiger partial charge on any atom is 0.308 e. The van der Waals surface area contributed by atoms with Crippen LogP contribution in [0.15, 0.2) is 18.2 Å². The number of benzene rings is 1. The summed E-state index contributed by atoms with van der Waals surface area (Å²) in [6, 6.07) is 5.18. The number of nitrogens with zero attached hydrogens (tertiary/aromatic N) is 1. The average Bonchev–Trinajstić information content (AvgIpc) is 3.42. The molecule has 0 bridgehead atoms. The molecule has 2 unspecified atom stereocenters. The molecule has 1 aliphatic carbocycles. The summed E-state index contributed by atoms with van der Waals surface area (Å²) >= 11 is 0. The SMILES string of the molecule is COc1ccc(C(=O)N2CC(C)CC(C(=O)O)C2)c(OCC2CC2)c1. The Morgan fingerprint density at radius 3 is 2.68 bits per heavy atom. The third-order valence-corrected chi connectivity index (χ3v) is 4.89. The Morgan fingerprint density at radius 2 is 2.04 bits per heavy atom. The summed E-state index contributed by atoms with van der Waals surface area (Å²) in [7, 11) is 1.57. The Balaban J connectivity index is 1.80. The predicted octanol–water partition coefficient (Wildman–Crippen LogP) is 2.67. The molecule has 1 amide bonds. The lowest BCUT2D eigenvalue weighted by Crippen LogP contribution is -2.45. The van der Waals surface area contributed by atoms with Crippen LogP contribution in [0.5, 0.6) is 11.5 Å². The number of carbonyl (C=O) groups is 2. The van der Waals surface area contributed by atoms with Crippen molar-refractivity contribution >= 4 is 11.9 Å². The monoisotopic (exact) mass is 347 g/mol. The number of amides is 1. The summed E-state index contributed by atoms with van der Waals surface area (Å²) in [5.41, 5.74) is 0.472. The maximum atomic E-state index is 13.0. The molecule has 1 saturated carbocycles. The molecule has 1 aromatic carbocycles. The molecule has 6 heteroatoms. The summed E-state index contributed by atoms with van der Waals surface area (Å²) in [6.07, 6.45) is 2.93. The van der Waals surface area contributed by atoms with E-state index in [2.05, 4.69) is 0 Å². The van der Waals surface area contributed by atoms with E-state index in [1.807, 2.05) is 6.92 Å². The topological polar surface area (TPSA) is 76.1 Å². The molecule has 1 N–H and O–H groups in total. The number of ether oxygens (including phenoxy) is 2. The number of piperidine rings is 1. The van der Waals surface area contributed by atoms with Crippen molar-refractivity contribution in [2.45, 2.75) is 26.2 Å². The highest BCUT2D eigenvalue weighted by atomic mass is 16.5. The molecule has 3 rings (SSSR count). The van der Waals surface area contributed by atoms with Crippen LogP contribution in [0.1, 0.15) is 36.5 Å². The number of carbonyl (C=O) groups excluding carboxylic acids is 1. The smallest absolute Gasteiger partial charge is 0.308 e. The molecule has 2 fully saturated rings. The Bertz CT molecular complexity index is 655. The van der Waals surface area contributed by atoms with E-state index >= 15 is 0 Å². The molecule has 1 heterocycles. The minimum absolute atomic E-state index is 0.160. The summed E-state index contributed by atoms with van der Waals surface area (Å²) in [6.45, 7) is 3.39. The van der Waals surface area contributed by atoms with Crippen LogP contribution in [-0.2, 0) is 4.79 Å². The number of carboxylic acid groups (broad SMARTS) is 1. The van der Waals surface area contributed by atoms with Gasteiger partial charge in [0.1, 0.15) is 11.5 Å². The molecule has 2 atom stereocenters. The Labute approximate surface area is 147 Å². The first-order chi connectivity index (χ1) is 12.0. The van der Waals surface area contributed by atoms with Gasteiger partial charge in [-0.1, -0.05) is 6.92 Å². The lowest BCUT2D eigenvalue weighted by Gasteiger charge is -2.35. The van der Waals surface area contributed by atoms with Crippen molar-refractivity contribution in [1.82, 2.24) is 4.90 Å². The standard InChI is InChI=1S/C19H25NO5/c1-12-7-14(19(22)23)10-20(9-12)18(21)16-6-5-15(24-2)8-17(16)25-11-13-3-4-13/h5-6,8,12-14H,3-4,7,9-11H2,1-2H3,(H,22,23). The number of rotatable bonds is 6. The molecule has 136 valence electrons. The lowest BCUT2D eigenvalue weighted by atomic mass is 9.90. The van der Waals surface area contributed by atoms with E-state index in [1.54, 1.807) is 30.2 Å². The highest BCUT2D eigenvalue weighted by Crippen LogP contribution is 2.33. The van der Waals surface area contributed by atoms with Gasteiger partial charge in [0.2, 0.25) is 0 Å². The molecule has 1 aromatic rings. The van der Waals surface area contributed by atoms with E-state index in [1.165, 1.54) is 0 Å². The number of likely N-dealkylation sites (tertiary alicyclic amines) is 1. The molecule has 0 spiro atoms.